The zero-order valence-electron chi connectivity index (χ0n) is 12.8. The van der Waals surface area contributed by atoms with E-state index in [1.54, 1.807) is 6.07 Å². The van der Waals surface area contributed by atoms with Crippen LogP contribution in [0.4, 0.5) is 4.39 Å². The maximum atomic E-state index is 14.2. The fraction of sp³-hybridized carbons (Fsp3) is 0.333. The first-order valence-corrected chi connectivity index (χ1v) is 7.35. The quantitative estimate of drug-likeness (QED) is 0.850. The van der Waals surface area contributed by atoms with Crippen molar-refractivity contribution in [2.24, 2.45) is 0 Å². The molecule has 0 saturated heterocycles. The summed E-state index contributed by atoms with van der Waals surface area (Å²) in [5.74, 6) is 0.613. The summed E-state index contributed by atoms with van der Waals surface area (Å²) in [4.78, 5) is 0. The van der Waals surface area contributed by atoms with Gasteiger partial charge in [-0.05, 0) is 36.2 Å². The van der Waals surface area contributed by atoms with E-state index in [4.69, 9.17) is 4.74 Å². The number of halogens is 1. The van der Waals surface area contributed by atoms with Crippen molar-refractivity contribution in [2.75, 3.05) is 6.61 Å². The Morgan fingerprint density at radius 1 is 1.10 bits per heavy atom. The van der Waals surface area contributed by atoms with Crippen LogP contribution in [0.3, 0.4) is 0 Å². The minimum absolute atomic E-state index is 0.192. The van der Waals surface area contributed by atoms with E-state index in [-0.39, 0.29) is 5.82 Å². The van der Waals surface area contributed by atoms with Gasteiger partial charge in [0.05, 0.1) is 6.61 Å². The first-order valence-electron chi connectivity index (χ1n) is 7.35. The summed E-state index contributed by atoms with van der Waals surface area (Å²) >= 11 is 0. The average Bonchev–Trinajstić information content (AvgIpc) is 2.47. The van der Waals surface area contributed by atoms with Gasteiger partial charge in [0, 0.05) is 18.2 Å². The summed E-state index contributed by atoms with van der Waals surface area (Å²) in [6, 6.07) is 13.3. The minimum atomic E-state index is -0.192. The molecule has 2 nitrogen and oxygen atoms in total. The second-order valence-electron chi connectivity index (χ2n) is 5.31. The zero-order valence-corrected chi connectivity index (χ0v) is 12.8. The molecule has 0 amide bonds. The van der Waals surface area contributed by atoms with Gasteiger partial charge in [0.15, 0.2) is 0 Å². The van der Waals surface area contributed by atoms with E-state index in [2.05, 4.69) is 19.2 Å². The van der Waals surface area contributed by atoms with Crippen molar-refractivity contribution in [1.29, 1.82) is 0 Å². The molecule has 0 aromatic heterocycles. The van der Waals surface area contributed by atoms with Crippen molar-refractivity contribution in [3.8, 4) is 16.9 Å². The van der Waals surface area contributed by atoms with Crippen LogP contribution in [0.15, 0.2) is 42.5 Å². The number of hydrogen-bond acceptors (Lipinski definition) is 2. The number of hydrogen-bond donors (Lipinski definition) is 1. The molecule has 0 unspecified atom stereocenters. The van der Waals surface area contributed by atoms with Gasteiger partial charge in [0.2, 0.25) is 0 Å². The number of rotatable bonds is 6. The van der Waals surface area contributed by atoms with E-state index in [1.807, 2.05) is 43.3 Å². The summed E-state index contributed by atoms with van der Waals surface area (Å²) in [5, 5.41) is 3.29. The molecule has 0 aliphatic heterocycles. The Bertz CT molecular complexity index is 578. The van der Waals surface area contributed by atoms with Crippen molar-refractivity contribution in [1.82, 2.24) is 5.32 Å². The van der Waals surface area contributed by atoms with Gasteiger partial charge in [0.25, 0.3) is 0 Å². The molecule has 0 aliphatic rings. The molecule has 0 fully saturated rings. The standard InChI is InChI=1S/C18H22FNO/c1-4-21-16-8-6-15(7-9-16)17-10-5-14(11-18(17)19)12-20-13(2)3/h5-11,13,20H,4,12H2,1-3H3. The molecule has 21 heavy (non-hydrogen) atoms. The smallest absolute Gasteiger partial charge is 0.131 e. The highest BCUT2D eigenvalue weighted by Crippen LogP contribution is 2.25. The third kappa shape index (κ3) is 4.30. The summed E-state index contributed by atoms with van der Waals surface area (Å²) in [5.41, 5.74) is 2.43. The number of benzene rings is 2. The van der Waals surface area contributed by atoms with E-state index in [0.717, 1.165) is 16.9 Å². The zero-order chi connectivity index (χ0) is 15.2. The molecule has 0 heterocycles. The highest BCUT2D eigenvalue weighted by molar-refractivity contribution is 5.65. The molecule has 0 radical (unpaired) electrons. The van der Waals surface area contributed by atoms with Gasteiger partial charge in [-0.15, -0.1) is 0 Å². The lowest BCUT2D eigenvalue weighted by Gasteiger charge is -2.10. The Labute approximate surface area is 126 Å². The van der Waals surface area contributed by atoms with Crippen LogP contribution in [-0.4, -0.2) is 12.6 Å². The summed E-state index contributed by atoms with van der Waals surface area (Å²) in [7, 11) is 0. The third-order valence-corrected chi connectivity index (χ3v) is 3.22. The van der Waals surface area contributed by atoms with Gasteiger partial charge < -0.3 is 10.1 Å². The predicted molar refractivity (Wildman–Crippen MR) is 85.0 cm³/mol. The lowest BCUT2D eigenvalue weighted by atomic mass is 10.0. The molecule has 1 N–H and O–H groups in total. The first kappa shape index (κ1) is 15.5. The molecule has 0 spiro atoms. The van der Waals surface area contributed by atoms with Gasteiger partial charge in [-0.25, -0.2) is 4.39 Å². The van der Waals surface area contributed by atoms with Crippen LogP contribution in [0.2, 0.25) is 0 Å². The van der Waals surface area contributed by atoms with E-state index in [9.17, 15) is 4.39 Å². The molecule has 112 valence electrons. The molecule has 2 rings (SSSR count). The van der Waals surface area contributed by atoms with Crippen molar-refractivity contribution >= 4 is 0 Å². The van der Waals surface area contributed by atoms with Gasteiger partial charge in [-0.1, -0.05) is 38.1 Å². The lowest BCUT2D eigenvalue weighted by molar-refractivity contribution is 0.340. The molecule has 0 bridgehead atoms. The molecule has 0 saturated carbocycles. The average molecular weight is 287 g/mol. The van der Waals surface area contributed by atoms with Crippen LogP contribution in [0.5, 0.6) is 5.75 Å². The Morgan fingerprint density at radius 3 is 2.38 bits per heavy atom. The molecule has 2 aromatic rings. The number of nitrogens with one attached hydrogen (secondary N) is 1. The minimum Gasteiger partial charge on any atom is -0.494 e. The Morgan fingerprint density at radius 2 is 1.81 bits per heavy atom. The normalized spacial score (nSPS) is 10.9. The van der Waals surface area contributed by atoms with Crippen molar-refractivity contribution in [3.63, 3.8) is 0 Å². The highest BCUT2D eigenvalue weighted by atomic mass is 19.1. The van der Waals surface area contributed by atoms with Crippen LogP contribution < -0.4 is 10.1 Å². The summed E-state index contributed by atoms with van der Waals surface area (Å²) in [6.45, 7) is 7.40. The Kier molecular flexibility index (Phi) is 5.34. The molecule has 3 heteroatoms. The highest BCUT2D eigenvalue weighted by Gasteiger charge is 2.07. The van der Waals surface area contributed by atoms with Gasteiger partial charge in [-0.3, -0.25) is 0 Å². The van der Waals surface area contributed by atoms with Crippen LogP contribution >= 0.6 is 0 Å². The van der Waals surface area contributed by atoms with Crippen molar-refractivity contribution in [2.45, 2.75) is 33.4 Å². The van der Waals surface area contributed by atoms with E-state index < -0.39 is 0 Å². The van der Waals surface area contributed by atoms with Crippen LogP contribution in [-0.2, 0) is 6.54 Å². The second-order valence-corrected chi connectivity index (χ2v) is 5.31. The van der Waals surface area contributed by atoms with E-state index >= 15 is 0 Å². The van der Waals surface area contributed by atoms with E-state index in [0.29, 0.717) is 24.8 Å². The lowest BCUT2D eigenvalue weighted by Crippen LogP contribution is -2.21. The largest absolute Gasteiger partial charge is 0.494 e. The maximum Gasteiger partial charge on any atom is 0.131 e. The fourth-order valence-corrected chi connectivity index (χ4v) is 2.12. The van der Waals surface area contributed by atoms with Gasteiger partial charge >= 0.3 is 0 Å². The van der Waals surface area contributed by atoms with Crippen LogP contribution in [0.25, 0.3) is 11.1 Å². The van der Waals surface area contributed by atoms with E-state index in [1.165, 1.54) is 0 Å². The van der Waals surface area contributed by atoms with Gasteiger partial charge in [0.1, 0.15) is 11.6 Å². The molecular formula is C18H22FNO. The SMILES string of the molecule is CCOc1ccc(-c2ccc(CNC(C)C)cc2F)cc1. The fourth-order valence-electron chi connectivity index (χ4n) is 2.12. The maximum absolute atomic E-state index is 14.2. The second kappa shape index (κ2) is 7.23. The summed E-state index contributed by atoms with van der Waals surface area (Å²) < 4.78 is 19.6. The molecule has 0 aliphatic carbocycles. The Balaban J connectivity index is 2.16. The number of ether oxygens (including phenoxy) is 1. The molecule has 0 atom stereocenters. The molecular weight excluding hydrogens is 265 g/mol. The van der Waals surface area contributed by atoms with Crippen LogP contribution in [0.1, 0.15) is 26.3 Å². The van der Waals surface area contributed by atoms with Crippen molar-refractivity contribution in [3.05, 3.63) is 53.8 Å². The third-order valence-electron chi connectivity index (χ3n) is 3.22. The van der Waals surface area contributed by atoms with Gasteiger partial charge in [-0.2, -0.15) is 0 Å². The van der Waals surface area contributed by atoms with Crippen molar-refractivity contribution < 1.29 is 9.13 Å². The topological polar surface area (TPSA) is 21.3 Å². The predicted octanol–water partition coefficient (Wildman–Crippen LogP) is 4.39. The first-order chi connectivity index (χ1) is 10.1. The Hall–Kier alpha value is -1.87. The van der Waals surface area contributed by atoms with Crippen LogP contribution in [0, 0.1) is 5.82 Å². The molecule has 2 aromatic carbocycles. The monoisotopic (exact) mass is 287 g/mol. The summed E-state index contributed by atoms with van der Waals surface area (Å²) in [6.07, 6.45) is 0.